The lowest BCUT2D eigenvalue weighted by atomic mass is 10.1. The summed E-state index contributed by atoms with van der Waals surface area (Å²) in [4.78, 5) is 34.6. The molecule has 2 aromatic carbocycles. The minimum Gasteiger partial charge on any atom is -0.478 e. The Balaban J connectivity index is 1.78. The second-order valence-electron chi connectivity index (χ2n) is 4.92. The van der Waals surface area contributed by atoms with Crippen LogP contribution in [-0.2, 0) is 0 Å². The highest BCUT2D eigenvalue weighted by Crippen LogP contribution is 2.21. The molecule has 9 nitrogen and oxygen atoms in total. The van der Waals surface area contributed by atoms with E-state index in [1.54, 1.807) is 12.1 Å². The topological polar surface area (TPSA) is 130 Å². The van der Waals surface area contributed by atoms with Gasteiger partial charge in [0.15, 0.2) is 0 Å². The Bertz CT molecular complexity index is 1010. The maximum Gasteiger partial charge on any atom is 0.365 e. The molecule has 1 heterocycles. The van der Waals surface area contributed by atoms with Crippen LogP contribution in [0.1, 0.15) is 20.7 Å². The molecule has 1 amide bonds. The largest absolute Gasteiger partial charge is 0.478 e. The standard InChI is InChI=1S/C15H10ClN5O4/c16-12-7-9(3-6-11(12)14(23)24)17-13(22)8-1-4-10(5-2-8)21-15(25)18-19-20-21/h1-7H,(H,17,22)(H,23,24)(H,18,20,25). The van der Waals surface area contributed by atoms with Crippen LogP contribution in [0.15, 0.2) is 47.3 Å². The highest BCUT2D eigenvalue weighted by molar-refractivity contribution is 6.33. The predicted octanol–water partition coefficient (Wildman–Crippen LogP) is 1.56. The number of amides is 1. The van der Waals surface area contributed by atoms with Crippen molar-refractivity contribution in [2.75, 3.05) is 5.32 Å². The molecule has 126 valence electrons. The number of nitrogens with one attached hydrogen (secondary N) is 2. The Hall–Kier alpha value is -3.46. The smallest absolute Gasteiger partial charge is 0.365 e. The Morgan fingerprint density at radius 1 is 1.16 bits per heavy atom. The molecule has 1 aromatic heterocycles. The van der Waals surface area contributed by atoms with E-state index in [1.165, 1.54) is 30.3 Å². The Morgan fingerprint density at radius 3 is 2.44 bits per heavy atom. The van der Waals surface area contributed by atoms with Gasteiger partial charge in [-0.1, -0.05) is 11.6 Å². The van der Waals surface area contributed by atoms with Crippen molar-refractivity contribution in [3.05, 3.63) is 69.1 Å². The van der Waals surface area contributed by atoms with Crippen molar-refractivity contribution in [3.63, 3.8) is 0 Å². The third-order valence-corrected chi connectivity index (χ3v) is 3.62. The monoisotopic (exact) mass is 359 g/mol. The van der Waals surface area contributed by atoms with Gasteiger partial charge in [-0.3, -0.25) is 4.79 Å². The van der Waals surface area contributed by atoms with Gasteiger partial charge >= 0.3 is 11.7 Å². The molecule has 3 N–H and O–H groups in total. The summed E-state index contributed by atoms with van der Waals surface area (Å²) in [6.07, 6.45) is 0. The first-order chi connectivity index (χ1) is 12.0. The van der Waals surface area contributed by atoms with Gasteiger partial charge in [0.2, 0.25) is 0 Å². The van der Waals surface area contributed by atoms with Crippen LogP contribution in [0.3, 0.4) is 0 Å². The molecule has 0 unspecified atom stereocenters. The molecular weight excluding hydrogens is 350 g/mol. The fourth-order valence-corrected chi connectivity index (χ4v) is 2.35. The summed E-state index contributed by atoms with van der Waals surface area (Å²) in [6.45, 7) is 0. The number of hydrogen-bond acceptors (Lipinski definition) is 5. The molecule has 3 aromatic rings. The molecule has 0 radical (unpaired) electrons. The van der Waals surface area contributed by atoms with Gasteiger partial charge in [-0.05, 0) is 52.9 Å². The van der Waals surface area contributed by atoms with E-state index in [2.05, 4.69) is 20.8 Å². The van der Waals surface area contributed by atoms with Gasteiger partial charge in [0.1, 0.15) is 0 Å². The molecule has 0 saturated carbocycles. The average Bonchev–Trinajstić information content (AvgIpc) is 3.00. The van der Waals surface area contributed by atoms with Crippen molar-refractivity contribution < 1.29 is 14.7 Å². The summed E-state index contributed by atoms with van der Waals surface area (Å²) in [7, 11) is 0. The fraction of sp³-hybridized carbons (Fsp3) is 0. The number of halogens is 1. The second kappa shape index (κ2) is 6.57. The summed E-state index contributed by atoms with van der Waals surface area (Å²) in [5.41, 5.74) is 0.590. The normalized spacial score (nSPS) is 10.4. The lowest BCUT2D eigenvalue weighted by molar-refractivity contribution is 0.0697. The molecule has 0 fully saturated rings. The van der Waals surface area contributed by atoms with Gasteiger partial charge in [-0.25, -0.2) is 14.7 Å². The van der Waals surface area contributed by atoms with Gasteiger partial charge < -0.3 is 10.4 Å². The minimum absolute atomic E-state index is 0.0195. The van der Waals surface area contributed by atoms with Crippen molar-refractivity contribution in [2.24, 2.45) is 0 Å². The van der Waals surface area contributed by atoms with E-state index in [0.29, 0.717) is 16.9 Å². The number of benzene rings is 2. The van der Waals surface area contributed by atoms with E-state index < -0.39 is 17.6 Å². The van der Waals surface area contributed by atoms with Crippen molar-refractivity contribution in [3.8, 4) is 5.69 Å². The summed E-state index contributed by atoms with van der Waals surface area (Å²) < 4.78 is 1.05. The van der Waals surface area contributed by atoms with Crippen LogP contribution < -0.4 is 11.0 Å². The molecular formula is C15H10ClN5O4. The van der Waals surface area contributed by atoms with Crippen LogP contribution in [0.5, 0.6) is 0 Å². The highest BCUT2D eigenvalue weighted by Gasteiger charge is 2.12. The second-order valence-corrected chi connectivity index (χ2v) is 5.33. The molecule has 0 saturated heterocycles. The van der Waals surface area contributed by atoms with Gasteiger partial charge in [-0.15, -0.1) is 0 Å². The van der Waals surface area contributed by atoms with Gasteiger partial charge in [0.25, 0.3) is 5.91 Å². The molecule has 25 heavy (non-hydrogen) atoms. The van der Waals surface area contributed by atoms with Crippen LogP contribution in [0.25, 0.3) is 5.69 Å². The highest BCUT2D eigenvalue weighted by atomic mass is 35.5. The number of rotatable bonds is 4. The number of aromatic nitrogens is 4. The molecule has 0 aliphatic carbocycles. The first-order valence-corrected chi connectivity index (χ1v) is 7.28. The molecule has 10 heteroatoms. The maximum atomic E-state index is 12.2. The SMILES string of the molecule is O=C(Nc1ccc(C(=O)O)c(Cl)c1)c1ccc(-n2nn[nH]c2=O)cc1. The van der Waals surface area contributed by atoms with E-state index in [9.17, 15) is 14.4 Å². The summed E-state index contributed by atoms with van der Waals surface area (Å²) >= 11 is 5.87. The predicted molar refractivity (Wildman–Crippen MR) is 88.3 cm³/mol. The van der Waals surface area contributed by atoms with Gasteiger partial charge in [0.05, 0.1) is 16.3 Å². The number of carboxylic acids is 1. The number of carboxylic acid groups (broad SMARTS) is 1. The van der Waals surface area contributed by atoms with Crippen molar-refractivity contribution in [1.29, 1.82) is 0 Å². The summed E-state index contributed by atoms with van der Waals surface area (Å²) in [5, 5.41) is 20.7. The van der Waals surface area contributed by atoms with Crippen LogP contribution in [0, 0.1) is 0 Å². The minimum atomic E-state index is -1.15. The Morgan fingerprint density at radius 2 is 1.88 bits per heavy atom. The molecule has 0 bridgehead atoms. The molecule has 3 rings (SSSR count). The summed E-state index contributed by atoms with van der Waals surface area (Å²) in [6, 6.07) is 10.2. The Labute approximate surface area is 144 Å². The number of tetrazole rings is 1. The first-order valence-electron chi connectivity index (χ1n) is 6.91. The molecule has 0 spiro atoms. The number of H-pyrrole nitrogens is 1. The van der Waals surface area contributed by atoms with E-state index in [-0.39, 0.29) is 10.6 Å². The zero-order chi connectivity index (χ0) is 18.0. The summed E-state index contributed by atoms with van der Waals surface area (Å²) in [5.74, 6) is -1.57. The molecule has 0 aliphatic rings. The van der Waals surface area contributed by atoms with E-state index in [0.717, 1.165) is 4.68 Å². The van der Waals surface area contributed by atoms with Gasteiger partial charge in [0, 0.05) is 11.3 Å². The Kier molecular flexibility index (Phi) is 4.31. The van der Waals surface area contributed by atoms with Crippen molar-refractivity contribution in [1.82, 2.24) is 20.2 Å². The number of anilines is 1. The van der Waals surface area contributed by atoms with Crippen molar-refractivity contribution in [2.45, 2.75) is 0 Å². The van der Waals surface area contributed by atoms with E-state index >= 15 is 0 Å². The zero-order valence-electron chi connectivity index (χ0n) is 12.4. The fourth-order valence-electron chi connectivity index (χ4n) is 2.09. The number of carbonyl (C=O) groups excluding carboxylic acids is 1. The number of hydrogen-bond donors (Lipinski definition) is 3. The number of aromatic amines is 1. The maximum absolute atomic E-state index is 12.2. The van der Waals surface area contributed by atoms with E-state index in [1.807, 2.05) is 0 Å². The lowest BCUT2D eigenvalue weighted by Gasteiger charge is -2.07. The number of nitrogens with zero attached hydrogens (tertiary/aromatic N) is 3. The third-order valence-electron chi connectivity index (χ3n) is 3.30. The molecule has 0 aliphatic heterocycles. The van der Waals surface area contributed by atoms with Crippen LogP contribution in [0.4, 0.5) is 5.69 Å². The molecule has 0 atom stereocenters. The van der Waals surface area contributed by atoms with Crippen LogP contribution >= 0.6 is 11.6 Å². The average molecular weight is 360 g/mol. The van der Waals surface area contributed by atoms with Crippen LogP contribution in [0.2, 0.25) is 5.02 Å². The first kappa shape index (κ1) is 16.4. The quantitative estimate of drug-likeness (QED) is 0.648. The van der Waals surface area contributed by atoms with E-state index in [4.69, 9.17) is 16.7 Å². The van der Waals surface area contributed by atoms with Crippen LogP contribution in [-0.4, -0.2) is 37.2 Å². The number of carbonyl (C=O) groups is 2. The lowest BCUT2D eigenvalue weighted by Crippen LogP contribution is -2.16. The third kappa shape index (κ3) is 3.40. The number of aromatic carboxylic acids is 1. The van der Waals surface area contributed by atoms with Crippen molar-refractivity contribution >= 4 is 29.2 Å². The van der Waals surface area contributed by atoms with Gasteiger partial charge in [-0.2, -0.15) is 4.68 Å². The zero-order valence-corrected chi connectivity index (χ0v) is 13.2.